The van der Waals surface area contributed by atoms with Crippen LogP contribution in [0.3, 0.4) is 0 Å². The molecule has 0 amide bonds. The summed E-state index contributed by atoms with van der Waals surface area (Å²) in [6.45, 7) is 1.45. The number of Topliss-reactive ketones (excluding diaryl/α,β-unsaturated/α-hetero) is 1. The Hall–Kier alpha value is -3.05. The topological polar surface area (TPSA) is 119 Å². The van der Waals surface area contributed by atoms with Gasteiger partial charge < -0.3 is 19.0 Å². The van der Waals surface area contributed by atoms with Crippen LogP contribution in [0.2, 0.25) is 0 Å². The van der Waals surface area contributed by atoms with E-state index in [2.05, 4.69) is 9.72 Å². The van der Waals surface area contributed by atoms with Crippen molar-refractivity contribution in [3.05, 3.63) is 86.7 Å². The number of hydrogen-bond donors (Lipinski definition) is 0. The van der Waals surface area contributed by atoms with E-state index in [0.717, 1.165) is 17.4 Å². The number of thiazole rings is 1. The first-order valence-electron chi connectivity index (χ1n) is 12.2. The summed E-state index contributed by atoms with van der Waals surface area (Å²) in [5.74, 6) is -2.32. The van der Waals surface area contributed by atoms with Gasteiger partial charge in [-0.3, -0.25) is 9.59 Å². The van der Waals surface area contributed by atoms with E-state index in [0.29, 0.717) is 23.5 Å². The number of esters is 1. The second-order valence-electron chi connectivity index (χ2n) is 7.52. The fourth-order valence-corrected chi connectivity index (χ4v) is 3.83. The number of aromatic nitrogens is 1. The van der Waals surface area contributed by atoms with Crippen LogP contribution in [0.15, 0.2) is 63.5 Å². The molecule has 188 valence electrons. The van der Waals surface area contributed by atoms with Crippen molar-refractivity contribution in [2.75, 3.05) is 7.04 Å². The third kappa shape index (κ3) is 9.08. The first-order chi connectivity index (χ1) is 18.4. The third-order valence-corrected chi connectivity index (χ3v) is 5.61. The number of ether oxygens (including phenoxy) is 2. The Labute approximate surface area is 243 Å². The number of hydrogen-bond acceptors (Lipinski definition) is 9. The van der Waals surface area contributed by atoms with Crippen molar-refractivity contribution < 1.29 is 66.6 Å². The molecule has 0 unspecified atom stereocenters. The van der Waals surface area contributed by atoms with Gasteiger partial charge in [-0.1, -0.05) is 29.2 Å². The van der Waals surface area contributed by atoms with Crippen molar-refractivity contribution in [3.63, 3.8) is 0 Å². The molecule has 0 atom stereocenters. The van der Waals surface area contributed by atoms with Crippen molar-refractivity contribution in [2.45, 2.75) is 32.6 Å². The SMILES string of the molecule is [2H]C([2H])([2H])OC(=O)C/C=C/CCCc1cc([O-])c(C(=O)/C(C)=C/c2cnc(Oc3ccc(F)cc3)s2)c(=O)o1.[Na+]. The number of benzene rings is 1. The van der Waals surface area contributed by atoms with Gasteiger partial charge in [0.1, 0.15) is 17.3 Å². The summed E-state index contributed by atoms with van der Waals surface area (Å²) in [5.41, 5.74) is -1.53. The predicted molar refractivity (Wildman–Crippen MR) is 130 cm³/mol. The minimum atomic E-state index is -2.79. The molecule has 0 radical (unpaired) electrons. The second-order valence-corrected chi connectivity index (χ2v) is 8.55. The molecule has 0 spiro atoms. The van der Waals surface area contributed by atoms with Crippen molar-refractivity contribution in [1.29, 1.82) is 0 Å². The average molecular weight is 539 g/mol. The Kier molecular flexibility index (Phi) is 10.1. The van der Waals surface area contributed by atoms with Gasteiger partial charge in [0.25, 0.3) is 5.19 Å². The molecule has 3 aromatic rings. The summed E-state index contributed by atoms with van der Waals surface area (Å²) < 4.78 is 48.5. The van der Waals surface area contributed by atoms with Gasteiger partial charge in [0.05, 0.1) is 28.0 Å². The molecular formula is C26H23FNNaO7S. The first-order valence-corrected chi connectivity index (χ1v) is 11.6. The predicted octanol–water partition coefficient (Wildman–Crippen LogP) is 1.83. The van der Waals surface area contributed by atoms with E-state index >= 15 is 0 Å². The van der Waals surface area contributed by atoms with Gasteiger partial charge in [0.15, 0.2) is 5.78 Å². The molecule has 0 saturated heterocycles. The molecule has 0 saturated carbocycles. The molecule has 0 fully saturated rings. The average Bonchev–Trinajstić information content (AvgIpc) is 3.27. The van der Waals surface area contributed by atoms with Crippen LogP contribution in [0, 0.1) is 5.82 Å². The quantitative estimate of drug-likeness (QED) is 0.0906. The summed E-state index contributed by atoms with van der Waals surface area (Å²) >= 11 is 1.11. The molecule has 11 heteroatoms. The van der Waals surface area contributed by atoms with E-state index in [9.17, 15) is 23.9 Å². The largest absolute Gasteiger partial charge is 1.00 e. The third-order valence-electron chi connectivity index (χ3n) is 4.79. The molecule has 2 aromatic heterocycles. The monoisotopic (exact) mass is 538 g/mol. The maximum absolute atomic E-state index is 13.0. The number of nitrogens with zero attached hydrogens (tertiary/aromatic N) is 1. The summed E-state index contributed by atoms with van der Waals surface area (Å²) in [4.78, 5) is 41.2. The zero-order valence-corrected chi connectivity index (χ0v) is 22.9. The number of allylic oxidation sites excluding steroid dienone is 2. The molecule has 3 rings (SSSR count). The van der Waals surface area contributed by atoms with E-state index in [1.165, 1.54) is 49.5 Å². The summed E-state index contributed by atoms with van der Waals surface area (Å²) in [6, 6.07) is 6.48. The van der Waals surface area contributed by atoms with Crippen LogP contribution < -0.4 is 45.0 Å². The molecular weight excluding hydrogens is 512 g/mol. The van der Waals surface area contributed by atoms with Crippen LogP contribution in [-0.4, -0.2) is 23.8 Å². The second kappa shape index (κ2) is 14.6. The maximum Gasteiger partial charge on any atom is 1.00 e. The molecule has 0 bridgehead atoms. The smallest absolute Gasteiger partial charge is 0.872 e. The molecule has 1 aromatic carbocycles. The molecule has 0 aliphatic rings. The van der Waals surface area contributed by atoms with Crippen molar-refractivity contribution in [1.82, 2.24) is 4.98 Å². The number of ketones is 1. The van der Waals surface area contributed by atoms with Crippen LogP contribution >= 0.6 is 11.3 Å². The number of carbonyl (C=O) groups excluding carboxylic acids is 2. The molecule has 8 nitrogen and oxygen atoms in total. The zero-order valence-electron chi connectivity index (χ0n) is 23.1. The Morgan fingerprint density at radius 1 is 1.27 bits per heavy atom. The minimum Gasteiger partial charge on any atom is -0.872 e. The van der Waals surface area contributed by atoms with Gasteiger partial charge >= 0.3 is 41.2 Å². The fraction of sp³-hybridized carbons (Fsp3) is 0.231. The molecule has 37 heavy (non-hydrogen) atoms. The van der Waals surface area contributed by atoms with E-state index in [1.807, 2.05) is 0 Å². The molecule has 0 aliphatic carbocycles. The van der Waals surface area contributed by atoms with E-state index < -0.39 is 41.5 Å². The Morgan fingerprint density at radius 3 is 2.73 bits per heavy atom. The number of rotatable bonds is 11. The van der Waals surface area contributed by atoms with Crippen molar-refractivity contribution in [2.24, 2.45) is 0 Å². The van der Waals surface area contributed by atoms with Crippen LogP contribution in [0.5, 0.6) is 16.7 Å². The van der Waals surface area contributed by atoms with Crippen LogP contribution in [-0.2, 0) is 16.0 Å². The maximum atomic E-state index is 13.0. The fourth-order valence-electron chi connectivity index (χ4n) is 3.04. The van der Waals surface area contributed by atoms with Gasteiger partial charge in [0, 0.05) is 12.6 Å². The number of unbranched alkanes of at least 4 members (excludes halogenated alkanes) is 1. The van der Waals surface area contributed by atoms with E-state index in [4.69, 9.17) is 13.3 Å². The number of methoxy groups -OCH3 is 1. The van der Waals surface area contributed by atoms with Crippen LogP contribution in [0.25, 0.3) is 6.08 Å². The summed E-state index contributed by atoms with van der Waals surface area (Å²) in [5, 5.41) is 12.8. The van der Waals surface area contributed by atoms with E-state index in [1.54, 1.807) is 6.08 Å². The van der Waals surface area contributed by atoms with Crippen LogP contribution in [0.1, 0.15) is 51.3 Å². The summed E-state index contributed by atoms with van der Waals surface area (Å²) in [7, 11) is -2.79. The standard InChI is InChI=1S/C26H24FNO7S.Na/c1-16(13-20-15-28-26(36-20)35-18-11-9-17(27)10-12-18)24(31)23-21(29)14-19(34-25(23)32)7-5-3-4-6-8-22(30)33-2;/h4,6,9-15,29H,3,5,7-8H2,1-2H3;/q;+1/p-1/b6-4+,16-13+;/i2D3;. The minimum absolute atomic E-state index is 0. The Morgan fingerprint density at radius 2 is 2.03 bits per heavy atom. The Balaban J connectivity index is 0.00000560. The molecule has 0 aliphatic heterocycles. The van der Waals surface area contributed by atoms with Gasteiger partial charge in [0.2, 0.25) is 0 Å². The van der Waals surface area contributed by atoms with Crippen LogP contribution in [0.4, 0.5) is 4.39 Å². The number of carbonyl (C=O) groups is 2. The van der Waals surface area contributed by atoms with Crippen molar-refractivity contribution in [3.8, 4) is 16.7 Å². The van der Waals surface area contributed by atoms with Gasteiger partial charge in [-0.2, -0.15) is 0 Å². The Bertz CT molecular complexity index is 1450. The molecule has 0 N–H and O–H groups in total. The van der Waals surface area contributed by atoms with Gasteiger partial charge in [-0.25, -0.2) is 14.2 Å². The zero-order chi connectivity index (χ0) is 28.6. The first kappa shape index (κ1) is 25.6. The summed E-state index contributed by atoms with van der Waals surface area (Å²) in [6.07, 6.45) is 6.97. The number of aryl methyl sites for hydroxylation is 1. The number of halogens is 1. The van der Waals surface area contributed by atoms with Gasteiger partial charge in [-0.05, 0) is 61.7 Å². The molecule has 2 heterocycles. The van der Waals surface area contributed by atoms with Crippen molar-refractivity contribution >= 4 is 29.2 Å². The normalized spacial score (nSPS) is 12.8. The van der Waals surface area contributed by atoms with Gasteiger partial charge in [-0.15, -0.1) is 0 Å². The van der Waals surface area contributed by atoms with E-state index in [-0.39, 0.29) is 58.9 Å².